The van der Waals surface area contributed by atoms with Crippen LogP contribution in [0.2, 0.25) is 0 Å². The maximum atomic E-state index is 13.4. The lowest BCUT2D eigenvalue weighted by Crippen LogP contribution is -2.36. The third-order valence-electron chi connectivity index (χ3n) is 4.86. The summed E-state index contributed by atoms with van der Waals surface area (Å²) in [5.74, 6) is -0.620. The summed E-state index contributed by atoms with van der Waals surface area (Å²) in [6, 6.07) is 3.41. The molecule has 3 atom stereocenters. The van der Waals surface area contributed by atoms with Crippen molar-refractivity contribution in [2.24, 2.45) is 11.7 Å². The van der Waals surface area contributed by atoms with E-state index in [-0.39, 0.29) is 35.1 Å². The minimum atomic E-state index is -4.50. The smallest absolute Gasteiger partial charge is 0.388 e. The fraction of sp³-hybridized carbons (Fsp3) is 0.529. The van der Waals surface area contributed by atoms with Crippen molar-refractivity contribution in [2.45, 2.75) is 50.9 Å². The summed E-state index contributed by atoms with van der Waals surface area (Å²) in [6.45, 7) is 1.87. The van der Waals surface area contributed by atoms with Gasteiger partial charge in [-0.3, -0.25) is 0 Å². The van der Waals surface area contributed by atoms with Crippen molar-refractivity contribution in [1.29, 1.82) is 0 Å². The van der Waals surface area contributed by atoms with E-state index in [2.05, 4.69) is 15.5 Å². The fourth-order valence-electron chi connectivity index (χ4n) is 3.48. The number of hydrogen-bond acceptors (Lipinski definition) is 5. The first-order valence-corrected chi connectivity index (χ1v) is 8.53. The van der Waals surface area contributed by atoms with Gasteiger partial charge in [0.15, 0.2) is 0 Å². The van der Waals surface area contributed by atoms with Gasteiger partial charge in [0, 0.05) is 23.3 Å². The van der Waals surface area contributed by atoms with Crippen molar-refractivity contribution in [2.75, 3.05) is 5.32 Å². The number of aromatic nitrogens is 2. The van der Waals surface area contributed by atoms with Crippen LogP contribution in [0.3, 0.4) is 0 Å². The molecule has 0 spiro atoms. The van der Waals surface area contributed by atoms with Gasteiger partial charge in [0.2, 0.25) is 5.89 Å². The van der Waals surface area contributed by atoms with E-state index in [9.17, 15) is 18.0 Å². The molecule has 4 N–H and O–H groups in total. The lowest BCUT2D eigenvalue weighted by molar-refractivity contribution is -0.137. The van der Waals surface area contributed by atoms with Gasteiger partial charge in [-0.25, -0.2) is 9.89 Å². The third-order valence-corrected chi connectivity index (χ3v) is 4.86. The molecular weight excluding hydrogens is 349 g/mol. The monoisotopic (exact) mass is 370 g/mol. The Kier molecular flexibility index (Phi) is 5.08. The number of anilines is 1. The Balaban J connectivity index is 1.90. The van der Waals surface area contributed by atoms with E-state index >= 15 is 0 Å². The standard InChI is InChI=1S/C17H21F3N4O2/c1-9(10-3-2-4-12(21)7-10)22-14-8-11(15-23-24-16(25)26-15)5-6-13(14)17(18,19)20/h5-6,8-10,12,22H,2-4,7,21H2,1H3,(H,24,25)/t9?,10-,12+/m0/s1. The highest BCUT2D eigenvalue weighted by Crippen LogP contribution is 2.38. The number of hydrogen-bond donors (Lipinski definition) is 3. The lowest BCUT2D eigenvalue weighted by Gasteiger charge is -2.32. The second-order valence-electron chi connectivity index (χ2n) is 6.80. The summed E-state index contributed by atoms with van der Waals surface area (Å²) in [5.41, 5.74) is 5.45. The minimum absolute atomic E-state index is 0.0564. The molecule has 0 bridgehead atoms. The SMILES string of the molecule is CC(Nc1cc(-c2n[nH]c(=O)o2)ccc1C(F)(F)F)[C@H]1CCC[C@@H](N)C1. The summed E-state index contributed by atoms with van der Waals surface area (Å²) >= 11 is 0. The summed E-state index contributed by atoms with van der Waals surface area (Å²) in [5, 5.41) is 8.76. The highest BCUT2D eigenvalue weighted by Gasteiger charge is 2.35. The number of nitrogens with one attached hydrogen (secondary N) is 2. The quantitative estimate of drug-likeness (QED) is 0.767. The Labute approximate surface area is 148 Å². The average Bonchev–Trinajstić information content (AvgIpc) is 3.00. The van der Waals surface area contributed by atoms with Crippen molar-refractivity contribution < 1.29 is 17.6 Å². The van der Waals surface area contributed by atoms with Crippen LogP contribution < -0.4 is 16.8 Å². The van der Waals surface area contributed by atoms with Gasteiger partial charge in [0.1, 0.15) is 0 Å². The second-order valence-corrected chi connectivity index (χ2v) is 6.80. The number of H-pyrrole nitrogens is 1. The second kappa shape index (κ2) is 7.14. The zero-order chi connectivity index (χ0) is 18.9. The molecule has 1 aromatic heterocycles. The summed E-state index contributed by atoms with van der Waals surface area (Å²) < 4.78 is 45.0. The molecule has 0 aliphatic heterocycles. The van der Waals surface area contributed by atoms with Crippen molar-refractivity contribution in [3.8, 4) is 11.5 Å². The van der Waals surface area contributed by atoms with Crippen LogP contribution in [-0.4, -0.2) is 22.3 Å². The summed E-state index contributed by atoms with van der Waals surface area (Å²) in [4.78, 5) is 11.1. The van der Waals surface area contributed by atoms with Gasteiger partial charge in [-0.15, -0.1) is 5.10 Å². The highest BCUT2D eigenvalue weighted by molar-refractivity contribution is 5.65. The van der Waals surface area contributed by atoms with Crippen LogP contribution in [0.25, 0.3) is 11.5 Å². The minimum Gasteiger partial charge on any atom is -0.388 e. The highest BCUT2D eigenvalue weighted by atomic mass is 19.4. The summed E-state index contributed by atoms with van der Waals surface area (Å²) in [6.07, 6.45) is -0.871. The van der Waals surface area contributed by atoms with Crippen LogP contribution in [-0.2, 0) is 6.18 Å². The molecule has 2 aromatic rings. The fourth-order valence-corrected chi connectivity index (χ4v) is 3.48. The molecule has 1 aromatic carbocycles. The number of rotatable bonds is 4. The first-order chi connectivity index (χ1) is 12.2. The lowest BCUT2D eigenvalue weighted by atomic mass is 9.82. The molecule has 6 nitrogen and oxygen atoms in total. The maximum absolute atomic E-state index is 13.4. The number of aromatic amines is 1. The molecule has 3 rings (SSSR count). The Bertz CT molecular complexity index is 815. The van der Waals surface area contributed by atoms with Crippen molar-refractivity contribution >= 4 is 5.69 Å². The van der Waals surface area contributed by atoms with E-state index in [0.717, 1.165) is 31.7 Å². The van der Waals surface area contributed by atoms with Gasteiger partial charge in [-0.05, 0) is 50.3 Å². The van der Waals surface area contributed by atoms with Crippen LogP contribution in [0.5, 0.6) is 0 Å². The topological polar surface area (TPSA) is 96.9 Å². The van der Waals surface area contributed by atoms with E-state index in [4.69, 9.17) is 10.2 Å². The third kappa shape index (κ3) is 4.09. The zero-order valence-corrected chi connectivity index (χ0v) is 14.3. The number of alkyl halides is 3. The van der Waals surface area contributed by atoms with Crippen LogP contribution in [0, 0.1) is 5.92 Å². The first kappa shape index (κ1) is 18.5. The normalized spacial score (nSPS) is 22.2. The maximum Gasteiger partial charge on any atom is 0.434 e. The molecule has 1 heterocycles. The van der Waals surface area contributed by atoms with Gasteiger partial charge in [-0.2, -0.15) is 13.2 Å². The van der Waals surface area contributed by atoms with Crippen molar-refractivity contribution in [1.82, 2.24) is 10.2 Å². The van der Waals surface area contributed by atoms with E-state index in [0.29, 0.717) is 0 Å². The number of benzene rings is 1. The average molecular weight is 370 g/mol. The predicted molar refractivity (Wildman–Crippen MR) is 90.6 cm³/mol. The van der Waals surface area contributed by atoms with Gasteiger partial charge in [0.05, 0.1) is 5.56 Å². The van der Waals surface area contributed by atoms with E-state index in [1.807, 2.05) is 6.92 Å². The molecule has 0 amide bonds. The van der Waals surface area contributed by atoms with Gasteiger partial charge in [-0.1, -0.05) is 6.42 Å². The van der Waals surface area contributed by atoms with Crippen LogP contribution in [0.15, 0.2) is 27.4 Å². The number of halogens is 3. The molecule has 1 fully saturated rings. The van der Waals surface area contributed by atoms with Crippen LogP contribution in [0.1, 0.15) is 38.2 Å². The molecule has 1 aliphatic rings. The van der Waals surface area contributed by atoms with E-state index < -0.39 is 17.5 Å². The number of nitrogens with zero attached hydrogens (tertiary/aromatic N) is 1. The van der Waals surface area contributed by atoms with Crippen LogP contribution >= 0.6 is 0 Å². The van der Waals surface area contributed by atoms with E-state index in [1.54, 1.807) is 0 Å². The first-order valence-electron chi connectivity index (χ1n) is 8.53. The molecule has 0 radical (unpaired) electrons. The van der Waals surface area contributed by atoms with Crippen LogP contribution in [0.4, 0.5) is 18.9 Å². The van der Waals surface area contributed by atoms with E-state index in [1.165, 1.54) is 12.1 Å². The van der Waals surface area contributed by atoms with Gasteiger partial charge >= 0.3 is 11.9 Å². The zero-order valence-electron chi connectivity index (χ0n) is 14.3. The molecule has 142 valence electrons. The Hall–Kier alpha value is -2.29. The largest absolute Gasteiger partial charge is 0.434 e. The Morgan fingerprint density at radius 2 is 2.15 bits per heavy atom. The molecule has 0 saturated heterocycles. The Morgan fingerprint density at radius 3 is 2.77 bits per heavy atom. The van der Waals surface area contributed by atoms with Gasteiger partial charge in [0.25, 0.3) is 0 Å². The Morgan fingerprint density at radius 1 is 1.38 bits per heavy atom. The van der Waals surface area contributed by atoms with Crippen molar-refractivity contribution in [3.05, 3.63) is 34.3 Å². The predicted octanol–water partition coefficient (Wildman–Crippen LogP) is 3.37. The molecular formula is C17H21F3N4O2. The summed E-state index contributed by atoms with van der Waals surface area (Å²) in [7, 11) is 0. The molecule has 1 aliphatic carbocycles. The molecule has 26 heavy (non-hydrogen) atoms. The molecule has 1 unspecified atom stereocenters. The molecule has 9 heteroatoms. The van der Waals surface area contributed by atoms with Gasteiger partial charge < -0.3 is 15.5 Å². The molecule has 1 saturated carbocycles. The number of nitrogens with two attached hydrogens (primary N) is 1. The van der Waals surface area contributed by atoms with Crippen molar-refractivity contribution in [3.63, 3.8) is 0 Å².